The van der Waals surface area contributed by atoms with E-state index in [9.17, 15) is 13.2 Å². The average molecular weight is 368 g/mol. The topological polar surface area (TPSA) is 37.9 Å². The van der Waals surface area contributed by atoms with Crippen molar-refractivity contribution in [2.75, 3.05) is 0 Å². The zero-order chi connectivity index (χ0) is 18.9. The highest BCUT2D eigenvalue weighted by Gasteiger charge is 2.29. The zero-order valence-electron chi connectivity index (χ0n) is 14.1. The van der Waals surface area contributed by atoms with Crippen molar-refractivity contribution < 1.29 is 17.9 Å². The van der Waals surface area contributed by atoms with Crippen molar-refractivity contribution in [2.45, 2.75) is 12.8 Å². The SMILES string of the molecule is FC(F)(F)c1ccc(COc2ccccc2-c2ccc3[nH]ncc3c2)cc1. The molecule has 136 valence electrons. The molecule has 1 aromatic heterocycles. The Hall–Kier alpha value is -3.28. The minimum atomic E-state index is -4.34. The second-order valence-electron chi connectivity index (χ2n) is 6.15. The number of H-pyrrole nitrogens is 1. The lowest BCUT2D eigenvalue weighted by atomic mass is 10.0. The molecule has 0 saturated carbocycles. The number of hydrogen-bond donors (Lipinski definition) is 1. The molecule has 0 saturated heterocycles. The smallest absolute Gasteiger partial charge is 0.416 e. The largest absolute Gasteiger partial charge is 0.488 e. The van der Waals surface area contributed by atoms with Crippen molar-refractivity contribution in [3.8, 4) is 16.9 Å². The summed E-state index contributed by atoms with van der Waals surface area (Å²) in [5.41, 5.74) is 2.84. The molecule has 0 bridgehead atoms. The normalized spacial score (nSPS) is 11.7. The standard InChI is InChI=1S/C21H15F3N2O/c22-21(23,24)17-8-5-14(6-9-17)13-27-20-4-2-1-3-18(20)15-7-10-19-16(11-15)12-25-26-19/h1-12H,13H2,(H,25,26). The van der Waals surface area contributed by atoms with Crippen LogP contribution in [0.15, 0.2) is 72.9 Å². The molecule has 3 nitrogen and oxygen atoms in total. The van der Waals surface area contributed by atoms with Crippen molar-refractivity contribution in [1.29, 1.82) is 0 Å². The molecule has 0 atom stereocenters. The first kappa shape index (κ1) is 17.1. The molecular formula is C21H15F3N2O. The van der Waals surface area contributed by atoms with Gasteiger partial charge in [-0.3, -0.25) is 5.10 Å². The number of aromatic amines is 1. The fourth-order valence-electron chi connectivity index (χ4n) is 2.89. The van der Waals surface area contributed by atoms with Crippen LogP contribution < -0.4 is 4.74 Å². The first-order valence-corrected chi connectivity index (χ1v) is 8.32. The number of aromatic nitrogens is 2. The van der Waals surface area contributed by atoms with Crippen molar-refractivity contribution in [3.05, 3.63) is 84.1 Å². The molecule has 0 spiro atoms. The number of para-hydroxylation sites is 1. The zero-order valence-corrected chi connectivity index (χ0v) is 14.1. The third kappa shape index (κ3) is 3.65. The van der Waals surface area contributed by atoms with E-state index < -0.39 is 11.7 Å². The summed E-state index contributed by atoms with van der Waals surface area (Å²) in [5, 5.41) is 7.93. The first-order valence-electron chi connectivity index (χ1n) is 8.32. The monoisotopic (exact) mass is 368 g/mol. The summed E-state index contributed by atoms with van der Waals surface area (Å²) in [7, 11) is 0. The van der Waals surface area contributed by atoms with Crippen LogP contribution in [0.25, 0.3) is 22.0 Å². The predicted octanol–water partition coefficient (Wildman–Crippen LogP) is 5.83. The fourth-order valence-corrected chi connectivity index (χ4v) is 2.89. The summed E-state index contributed by atoms with van der Waals surface area (Å²) in [4.78, 5) is 0. The van der Waals surface area contributed by atoms with E-state index in [-0.39, 0.29) is 6.61 Å². The Bertz CT molecular complexity index is 1070. The van der Waals surface area contributed by atoms with Gasteiger partial charge in [0.15, 0.2) is 0 Å². The highest BCUT2D eigenvalue weighted by atomic mass is 19.4. The molecule has 0 fully saturated rings. The minimum Gasteiger partial charge on any atom is -0.488 e. The number of benzene rings is 3. The molecular weight excluding hydrogens is 353 g/mol. The molecule has 0 aliphatic carbocycles. The number of nitrogens with zero attached hydrogens (tertiary/aromatic N) is 1. The van der Waals surface area contributed by atoms with Crippen LogP contribution in [0.2, 0.25) is 0 Å². The van der Waals surface area contributed by atoms with E-state index in [1.807, 2.05) is 42.5 Å². The summed E-state index contributed by atoms with van der Waals surface area (Å²) in [6.07, 6.45) is -2.58. The third-order valence-corrected chi connectivity index (χ3v) is 4.31. The summed E-state index contributed by atoms with van der Waals surface area (Å²) in [6, 6.07) is 18.5. The first-order chi connectivity index (χ1) is 13.0. The molecule has 0 amide bonds. The van der Waals surface area contributed by atoms with Crippen molar-refractivity contribution in [1.82, 2.24) is 10.2 Å². The molecule has 3 aromatic carbocycles. The van der Waals surface area contributed by atoms with E-state index in [4.69, 9.17) is 4.74 Å². The van der Waals surface area contributed by atoms with Crippen molar-refractivity contribution in [3.63, 3.8) is 0 Å². The summed E-state index contributed by atoms with van der Waals surface area (Å²) in [6.45, 7) is 0.184. The van der Waals surface area contributed by atoms with Gasteiger partial charge in [-0.15, -0.1) is 0 Å². The predicted molar refractivity (Wildman–Crippen MR) is 97.3 cm³/mol. The van der Waals surface area contributed by atoms with E-state index in [0.717, 1.165) is 34.2 Å². The van der Waals surface area contributed by atoms with Gasteiger partial charge in [0.2, 0.25) is 0 Å². The van der Waals surface area contributed by atoms with Crippen molar-refractivity contribution in [2.24, 2.45) is 0 Å². The van der Waals surface area contributed by atoms with Crippen LogP contribution in [0.4, 0.5) is 13.2 Å². The van der Waals surface area contributed by atoms with Crippen LogP contribution in [-0.2, 0) is 12.8 Å². The second-order valence-corrected chi connectivity index (χ2v) is 6.15. The lowest BCUT2D eigenvalue weighted by Crippen LogP contribution is -2.05. The Kier molecular flexibility index (Phi) is 4.32. The molecule has 27 heavy (non-hydrogen) atoms. The Morgan fingerprint density at radius 3 is 2.48 bits per heavy atom. The molecule has 1 N–H and O–H groups in total. The Morgan fingerprint density at radius 1 is 0.926 bits per heavy atom. The van der Waals surface area contributed by atoms with Gasteiger partial charge >= 0.3 is 6.18 Å². The molecule has 6 heteroatoms. The maximum Gasteiger partial charge on any atom is 0.416 e. The van der Waals surface area contributed by atoms with Gasteiger partial charge < -0.3 is 4.74 Å². The number of rotatable bonds is 4. The van der Waals surface area contributed by atoms with Gasteiger partial charge in [-0.05, 0) is 41.5 Å². The van der Waals surface area contributed by atoms with Gasteiger partial charge in [0.05, 0.1) is 17.3 Å². The lowest BCUT2D eigenvalue weighted by molar-refractivity contribution is -0.137. The summed E-state index contributed by atoms with van der Waals surface area (Å²) in [5.74, 6) is 0.667. The summed E-state index contributed by atoms with van der Waals surface area (Å²) < 4.78 is 43.9. The third-order valence-electron chi connectivity index (χ3n) is 4.31. The van der Waals surface area contributed by atoms with E-state index in [2.05, 4.69) is 10.2 Å². The highest BCUT2D eigenvalue weighted by molar-refractivity contribution is 5.85. The number of fused-ring (bicyclic) bond motifs is 1. The Morgan fingerprint density at radius 2 is 1.70 bits per heavy atom. The number of alkyl halides is 3. The average Bonchev–Trinajstić information content (AvgIpc) is 3.14. The molecule has 4 rings (SSSR count). The van der Waals surface area contributed by atoms with Crippen LogP contribution in [0, 0.1) is 0 Å². The number of halogens is 3. The molecule has 0 aliphatic heterocycles. The van der Waals surface area contributed by atoms with Gasteiger partial charge in [0.25, 0.3) is 0 Å². The number of nitrogens with one attached hydrogen (secondary N) is 1. The van der Waals surface area contributed by atoms with Crippen LogP contribution in [0.1, 0.15) is 11.1 Å². The highest BCUT2D eigenvalue weighted by Crippen LogP contribution is 2.32. The van der Waals surface area contributed by atoms with Crippen LogP contribution >= 0.6 is 0 Å². The van der Waals surface area contributed by atoms with Gasteiger partial charge in [-0.1, -0.05) is 36.4 Å². The number of hydrogen-bond acceptors (Lipinski definition) is 2. The van der Waals surface area contributed by atoms with Crippen LogP contribution in [0.5, 0.6) is 5.75 Å². The second kappa shape index (κ2) is 6.79. The molecule has 0 unspecified atom stereocenters. The van der Waals surface area contributed by atoms with Crippen molar-refractivity contribution >= 4 is 10.9 Å². The molecule has 1 heterocycles. The summed E-state index contributed by atoms with van der Waals surface area (Å²) >= 11 is 0. The Balaban J connectivity index is 1.56. The van der Waals surface area contributed by atoms with Gasteiger partial charge in [-0.2, -0.15) is 18.3 Å². The van der Waals surface area contributed by atoms with E-state index >= 15 is 0 Å². The van der Waals surface area contributed by atoms with Gasteiger partial charge in [0, 0.05) is 10.9 Å². The quantitative estimate of drug-likeness (QED) is 0.492. The maximum atomic E-state index is 12.7. The van der Waals surface area contributed by atoms with E-state index in [0.29, 0.717) is 11.3 Å². The fraction of sp³-hybridized carbons (Fsp3) is 0.0952. The molecule has 4 aromatic rings. The van der Waals surface area contributed by atoms with E-state index in [1.165, 1.54) is 12.1 Å². The van der Waals surface area contributed by atoms with Crippen LogP contribution in [0.3, 0.4) is 0 Å². The maximum absolute atomic E-state index is 12.7. The Labute approximate surface area is 153 Å². The molecule has 0 aliphatic rings. The van der Waals surface area contributed by atoms with Crippen LogP contribution in [-0.4, -0.2) is 10.2 Å². The van der Waals surface area contributed by atoms with Gasteiger partial charge in [0.1, 0.15) is 12.4 Å². The van der Waals surface area contributed by atoms with E-state index in [1.54, 1.807) is 6.20 Å². The van der Waals surface area contributed by atoms with Gasteiger partial charge in [-0.25, -0.2) is 0 Å². The lowest BCUT2D eigenvalue weighted by Gasteiger charge is -2.13. The molecule has 0 radical (unpaired) electrons. The number of ether oxygens (including phenoxy) is 1. The minimum absolute atomic E-state index is 0.184.